The molecule has 0 fully saturated rings. The summed E-state index contributed by atoms with van der Waals surface area (Å²) in [6.07, 6.45) is 3.74. The van der Waals surface area contributed by atoms with Gasteiger partial charge in [0.05, 0.1) is 5.69 Å². The quantitative estimate of drug-likeness (QED) is 0.177. The van der Waals surface area contributed by atoms with Crippen molar-refractivity contribution < 1.29 is 8.83 Å². The highest BCUT2D eigenvalue weighted by Gasteiger charge is 2.49. The maximum Gasteiger partial charge on any atom is 0.144 e. The van der Waals surface area contributed by atoms with Crippen molar-refractivity contribution in [2.24, 2.45) is 0 Å². The van der Waals surface area contributed by atoms with Crippen molar-refractivity contribution in [1.82, 2.24) is 4.98 Å². The molecule has 11 aromatic rings. The van der Waals surface area contributed by atoms with Gasteiger partial charge in [0.1, 0.15) is 22.3 Å². The summed E-state index contributed by atoms with van der Waals surface area (Å²) in [5.74, 6) is 0. The summed E-state index contributed by atoms with van der Waals surface area (Å²) >= 11 is 0. The van der Waals surface area contributed by atoms with Crippen LogP contribution in [0.15, 0.2) is 161 Å². The van der Waals surface area contributed by atoms with Gasteiger partial charge in [-0.2, -0.15) is 0 Å². The molecule has 4 heteroatoms. The van der Waals surface area contributed by atoms with Crippen molar-refractivity contribution in [2.45, 2.75) is 78.6 Å². The predicted molar refractivity (Wildman–Crippen MR) is 286 cm³/mol. The van der Waals surface area contributed by atoms with Gasteiger partial charge in [0, 0.05) is 72.7 Å². The molecule has 0 aliphatic heterocycles. The van der Waals surface area contributed by atoms with Crippen molar-refractivity contribution in [3.63, 3.8) is 0 Å². The monoisotopic (exact) mass is 892 g/mol. The molecule has 3 aromatic heterocycles. The lowest BCUT2D eigenvalue weighted by Gasteiger charge is -2.33. The van der Waals surface area contributed by atoms with Gasteiger partial charge < -0.3 is 13.7 Å². The molecule has 0 radical (unpaired) electrons. The molecule has 3 aliphatic carbocycles. The molecule has 0 unspecified atom stereocenters. The lowest BCUT2D eigenvalue weighted by atomic mass is 9.72. The van der Waals surface area contributed by atoms with E-state index in [-0.39, 0.29) is 16.2 Å². The maximum absolute atomic E-state index is 7.06. The molecule has 0 atom stereocenters. The molecule has 0 bridgehead atoms. The molecule has 3 aliphatic rings. The number of fused-ring (bicyclic) bond motifs is 19. The summed E-state index contributed by atoms with van der Waals surface area (Å²) in [6, 6.07) is 51.9. The van der Waals surface area contributed by atoms with Crippen LogP contribution < -0.4 is 4.90 Å². The normalized spacial score (nSPS) is 15.4. The molecular weight excluding hydrogens is 841 g/mol. The Balaban J connectivity index is 1.00. The number of pyridine rings is 1. The number of para-hydroxylation sites is 2. The van der Waals surface area contributed by atoms with E-state index in [1.807, 2.05) is 12.4 Å². The summed E-state index contributed by atoms with van der Waals surface area (Å²) in [4.78, 5) is 6.90. The zero-order valence-corrected chi connectivity index (χ0v) is 40.6. The van der Waals surface area contributed by atoms with Gasteiger partial charge in [-0.05, 0) is 153 Å². The third-order valence-electron chi connectivity index (χ3n) is 16.5. The Morgan fingerprint density at radius 2 is 0.957 bits per heavy atom. The molecule has 334 valence electrons. The van der Waals surface area contributed by atoms with Gasteiger partial charge in [0.15, 0.2) is 0 Å². The molecule has 0 spiro atoms. The molecule has 69 heavy (non-hydrogen) atoms. The fraction of sp³-hybridized carbons (Fsp3) is 0.185. The number of rotatable bonds is 4. The molecule has 0 N–H and O–H groups in total. The molecular formula is C65H52N2O2. The SMILES string of the molecule is Cc1cc(C)c(N(c2ccc3c(c2)C(C)(C)c2cc(-c4ccncc4)c4oc5ccccc5c4c2-3)c2ccc3c(c2)C(C)(C)c2c4c(c5c(oc6ccccc65)c2-3)-c2ccccc2C4(C)C)c(C)c1. The summed E-state index contributed by atoms with van der Waals surface area (Å²) in [5, 5.41) is 4.72. The number of aryl methyl sites for hydroxylation is 3. The Bertz CT molecular complexity index is 4060. The van der Waals surface area contributed by atoms with Crippen LogP contribution in [0.3, 0.4) is 0 Å². The van der Waals surface area contributed by atoms with Gasteiger partial charge in [0.25, 0.3) is 0 Å². The average Bonchev–Trinajstić information content (AvgIpc) is 4.09. The summed E-state index contributed by atoms with van der Waals surface area (Å²) < 4.78 is 13.9. The van der Waals surface area contributed by atoms with E-state index in [9.17, 15) is 0 Å². The van der Waals surface area contributed by atoms with Crippen LogP contribution >= 0.6 is 0 Å². The van der Waals surface area contributed by atoms with Gasteiger partial charge in [-0.1, -0.05) is 132 Å². The van der Waals surface area contributed by atoms with Crippen LogP contribution in [-0.4, -0.2) is 4.98 Å². The van der Waals surface area contributed by atoms with E-state index in [1.165, 1.54) is 105 Å². The minimum atomic E-state index is -0.340. The molecule has 14 rings (SSSR count). The third kappa shape index (κ3) is 5.16. The van der Waals surface area contributed by atoms with Gasteiger partial charge in [-0.3, -0.25) is 4.98 Å². The van der Waals surface area contributed by atoms with Crippen LogP contribution in [-0.2, 0) is 16.2 Å². The summed E-state index contributed by atoms with van der Waals surface area (Å²) in [7, 11) is 0. The standard InChI is InChI=1S/C65H52N2O2/c1-35-30-36(2)60(37(3)31-35)67(39-22-24-42-48(32-39)63(4,5)50-34-46(38-26-28-66-29-27-38)61-55(53(42)50)44-17-11-14-20-51(44)68-61)40-23-25-43-49(33-40)65(8,9)59-57(43)62-56(45-18-12-15-21-52(45)69-62)54-41-16-10-13-19-47(41)64(6,7)58(54)59/h10-34H,1-9H3. The first kappa shape index (κ1) is 40.4. The molecule has 4 nitrogen and oxygen atoms in total. The van der Waals surface area contributed by atoms with Crippen molar-refractivity contribution in [3.8, 4) is 44.5 Å². The van der Waals surface area contributed by atoms with Crippen molar-refractivity contribution in [3.05, 3.63) is 202 Å². The summed E-state index contributed by atoms with van der Waals surface area (Å²) in [6.45, 7) is 21.3. The first-order valence-corrected chi connectivity index (χ1v) is 24.4. The van der Waals surface area contributed by atoms with E-state index in [1.54, 1.807) is 0 Å². The molecule has 8 aromatic carbocycles. The highest BCUT2D eigenvalue weighted by molar-refractivity contribution is 6.21. The Labute approximate surface area is 402 Å². The van der Waals surface area contributed by atoms with Gasteiger partial charge in [-0.15, -0.1) is 0 Å². The van der Waals surface area contributed by atoms with E-state index in [2.05, 4.69) is 212 Å². The number of aromatic nitrogens is 1. The molecule has 3 heterocycles. The van der Waals surface area contributed by atoms with Gasteiger partial charge in [-0.25, -0.2) is 0 Å². The van der Waals surface area contributed by atoms with E-state index in [0.717, 1.165) is 50.2 Å². The predicted octanol–water partition coefficient (Wildman–Crippen LogP) is 17.9. The fourth-order valence-electron chi connectivity index (χ4n) is 13.6. The number of hydrogen-bond donors (Lipinski definition) is 0. The van der Waals surface area contributed by atoms with Crippen LogP contribution in [0.1, 0.15) is 91.6 Å². The second kappa shape index (κ2) is 13.5. The zero-order valence-electron chi connectivity index (χ0n) is 40.6. The lowest BCUT2D eigenvalue weighted by Crippen LogP contribution is -2.24. The highest BCUT2D eigenvalue weighted by atomic mass is 16.3. The number of hydrogen-bond acceptors (Lipinski definition) is 4. The number of anilines is 3. The Morgan fingerprint density at radius 1 is 0.435 bits per heavy atom. The van der Waals surface area contributed by atoms with Crippen LogP contribution in [0.4, 0.5) is 17.1 Å². The van der Waals surface area contributed by atoms with E-state index in [0.29, 0.717) is 0 Å². The average molecular weight is 893 g/mol. The van der Waals surface area contributed by atoms with E-state index in [4.69, 9.17) is 8.83 Å². The van der Waals surface area contributed by atoms with Crippen LogP contribution in [0.2, 0.25) is 0 Å². The lowest BCUT2D eigenvalue weighted by molar-refractivity contribution is 0.600. The second-order valence-corrected chi connectivity index (χ2v) is 21.7. The highest BCUT2D eigenvalue weighted by Crippen LogP contribution is 2.64. The molecule has 0 amide bonds. The fourth-order valence-corrected chi connectivity index (χ4v) is 13.6. The van der Waals surface area contributed by atoms with Crippen LogP contribution in [0.25, 0.3) is 88.4 Å². The number of furan rings is 2. The Hall–Kier alpha value is -7.69. The van der Waals surface area contributed by atoms with Crippen LogP contribution in [0.5, 0.6) is 0 Å². The summed E-state index contributed by atoms with van der Waals surface area (Å²) in [5.41, 5.74) is 28.1. The van der Waals surface area contributed by atoms with Crippen LogP contribution in [0, 0.1) is 20.8 Å². The largest absolute Gasteiger partial charge is 0.455 e. The first-order chi connectivity index (χ1) is 33.2. The minimum Gasteiger partial charge on any atom is -0.455 e. The van der Waals surface area contributed by atoms with E-state index >= 15 is 0 Å². The molecule has 0 saturated carbocycles. The topological polar surface area (TPSA) is 42.4 Å². The van der Waals surface area contributed by atoms with Crippen molar-refractivity contribution >= 4 is 60.9 Å². The maximum atomic E-state index is 7.06. The van der Waals surface area contributed by atoms with Gasteiger partial charge in [0.2, 0.25) is 0 Å². The Morgan fingerprint density at radius 3 is 1.62 bits per heavy atom. The zero-order chi connectivity index (χ0) is 47.0. The second-order valence-electron chi connectivity index (χ2n) is 21.7. The Kier molecular flexibility index (Phi) is 7.91. The van der Waals surface area contributed by atoms with E-state index < -0.39 is 0 Å². The number of benzene rings is 8. The first-order valence-electron chi connectivity index (χ1n) is 24.4. The number of nitrogens with zero attached hydrogens (tertiary/aromatic N) is 2. The smallest absolute Gasteiger partial charge is 0.144 e. The van der Waals surface area contributed by atoms with Crippen molar-refractivity contribution in [1.29, 1.82) is 0 Å². The van der Waals surface area contributed by atoms with Crippen molar-refractivity contribution in [2.75, 3.05) is 4.90 Å². The third-order valence-corrected chi connectivity index (χ3v) is 16.5. The molecule has 0 saturated heterocycles. The van der Waals surface area contributed by atoms with Gasteiger partial charge >= 0.3 is 0 Å². The minimum absolute atomic E-state index is 0.213.